The highest BCUT2D eigenvalue weighted by molar-refractivity contribution is 6.30. The summed E-state index contributed by atoms with van der Waals surface area (Å²) in [6.07, 6.45) is 0.764. The summed E-state index contributed by atoms with van der Waals surface area (Å²) in [5.41, 5.74) is 0.807. The van der Waals surface area contributed by atoms with Crippen LogP contribution in [0.1, 0.15) is 29.4 Å². The molecule has 6 nitrogen and oxygen atoms in total. The predicted octanol–water partition coefficient (Wildman–Crippen LogP) is 2.59. The molecule has 1 heterocycles. The minimum Gasteiger partial charge on any atom is -0.496 e. The van der Waals surface area contributed by atoms with Crippen molar-refractivity contribution in [3.8, 4) is 5.75 Å². The summed E-state index contributed by atoms with van der Waals surface area (Å²) in [4.78, 5) is 25.8. The van der Waals surface area contributed by atoms with Gasteiger partial charge in [0.15, 0.2) is 0 Å². The summed E-state index contributed by atoms with van der Waals surface area (Å²) in [6, 6.07) is 8.06. The van der Waals surface area contributed by atoms with Crippen molar-refractivity contribution in [3.63, 3.8) is 0 Å². The van der Waals surface area contributed by atoms with Gasteiger partial charge in [0.1, 0.15) is 11.4 Å². The summed E-state index contributed by atoms with van der Waals surface area (Å²) in [7, 11) is 3.23. The molecule has 1 aromatic carbocycles. The zero-order valence-electron chi connectivity index (χ0n) is 14.0. The molecule has 1 amide bonds. The van der Waals surface area contributed by atoms with Crippen molar-refractivity contribution in [1.29, 1.82) is 0 Å². The van der Waals surface area contributed by atoms with Gasteiger partial charge in [0, 0.05) is 36.8 Å². The number of carbonyl (C=O) groups excluding carboxylic acids is 1. The van der Waals surface area contributed by atoms with Crippen molar-refractivity contribution < 1.29 is 9.53 Å². The van der Waals surface area contributed by atoms with Crippen molar-refractivity contribution >= 4 is 17.5 Å². The van der Waals surface area contributed by atoms with Crippen LogP contribution in [0.5, 0.6) is 5.75 Å². The van der Waals surface area contributed by atoms with Crippen LogP contribution in [0.15, 0.2) is 35.1 Å². The van der Waals surface area contributed by atoms with E-state index in [1.54, 1.807) is 32.4 Å². The highest BCUT2D eigenvalue weighted by atomic mass is 35.5. The van der Waals surface area contributed by atoms with E-state index >= 15 is 0 Å². The number of aryl methyl sites for hydroxylation is 1. The van der Waals surface area contributed by atoms with E-state index in [-0.39, 0.29) is 17.2 Å². The van der Waals surface area contributed by atoms with Crippen LogP contribution >= 0.6 is 11.6 Å². The highest BCUT2D eigenvalue weighted by Gasteiger charge is 2.17. The summed E-state index contributed by atoms with van der Waals surface area (Å²) in [5.74, 6) is 0.379. The quantitative estimate of drug-likeness (QED) is 0.804. The second-order valence-electron chi connectivity index (χ2n) is 5.40. The first-order valence-electron chi connectivity index (χ1n) is 7.62. The van der Waals surface area contributed by atoms with Gasteiger partial charge >= 0.3 is 0 Å². The van der Waals surface area contributed by atoms with Gasteiger partial charge in [-0.05, 0) is 30.7 Å². The maximum absolute atomic E-state index is 12.6. The maximum Gasteiger partial charge on any atom is 0.274 e. The lowest BCUT2D eigenvalue weighted by atomic mass is 10.2. The molecular formula is C17H20ClN3O3. The molecule has 0 fully saturated rings. The van der Waals surface area contributed by atoms with Crippen molar-refractivity contribution in [2.45, 2.75) is 26.4 Å². The van der Waals surface area contributed by atoms with Gasteiger partial charge in [-0.1, -0.05) is 18.5 Å². The van der Waals surface area contributed by atoms with E-state index in [1.807, 2.05) is 6.92 Å². The van der Waals surface area contributed by atoms with E-state index in [4.69, 9.17) is 16.3 Å². The standard InChI is InChI=1S/C17H20ClN3O3/c1-4-9-21-16(22)8-6-14(19-21)17(23)20(2)11-12-10-13(18)5-7-15(12)24-3/h5-8,10H,4,9,11H2,1-3H3. The van der Waals surface area contributed by atoms with Gasteiger partial charge in [-0.25, -0.2) is 4.68 Å². The average Bonchev–Trinajstić information content (AvgIpc) is 2.56. The van der Waals surface area contributed by atoms with Crippen molar-refractivity contribution in [2.24, 2.45) is 0 Å². The molecule has 1 aromatic heterocycles. The summed E-state index contributed by atoms with van der Waals surface area (Å²) in [6.45, 7) is 2.74. The van der Waals surface area contributed by atoms with Crippen LogP contribution in [-0.4, -0.2) is 34.7 Å². The number of hydrogen-bond donors (Lipinski definition) is 0. The van der Waals surface area contributed by atoms with Crippen molar-refractivity contribution in [2.75, 3.05) is 14.2 Å². The first kappa shape index (κ1) is 18.0. The van der Waals surface area contributed by atoms with Crippen molar-refractivity contribution in [1.82, 2.24) is 14.7 Å². The number of halogens is 1. The number of aromatic nitrogens is 2. The number of benzene rings is 1. The Kier molecular flexibility index (Phi) is 5.98. The number of hydrogen-bond acceptors (Lipinski definition) is 4. The Hall–Kier alpha value is -2.34. The fraction of sp³-hybridized carbons (Fsp3) is 0.353. The van der Waals surface area contributed by atoms with E-state index in [1.165, 1.54) is 21.7 Å². The minimum absolute atomic E-state index is 0.215. The maximum atomic E-state index is 12.6. The summed E-state index contributed by atoms with van der Waals surface area (Å²) >= 11 is 6.02. The Morgan fingerprint density at radius 2 is 2.08 bits per heavy atom. The Balaban J connectivity index is 2.22. The molecule has 0 atom stereocenters. The number of nitrogens with zero attached hydrogens (tertiary/aromatic N) is 3. The lowest BCUT2D eigenvalue weighted by molar-refractivity contribution is 0.0775. The molecule has 0 aliphatic heterocycles. The molecule has 7 heteroatoms. The molecule has 0 aliphatic carbocycles. The van der Waals surface area contributed by atoms with Gasteiger partial charge in [0.05, 0.1) is 7.11 Å². The lowest BCUT2D eigenvalue weighted by Crippen LogP contribution is -2.31. The van der Waals surface area contributed by atoms with Crippen LogP contribution < -0.4 is 10.3 Å². The fourth-order valence-corrected chi connectivity index (χ4v) is 2.52. The minimum atomic E-state index is -0.276. The van der Waals surface area contributed by atoms with Crippen LogP contribution in [0.2, 0.25) is 5.02 Å². The smallest absolute Gasteiger partial charge is 0.274 e. The largest absolute Gasteiger partial charge is 0.496 e. The third-order valence-electron chi connectivity index (χ3n) is 3.52. The van der Waals surface area contributed by atoms with Gasteiger partial charge < -0.3 is 9.64 Å². The number of amides is 1. The van der Waals surface area contributed by atoms with Gasteiger partial charge in [0.2, 0.25) is 0 Å². The topological polar surface area (TPSA) is 64.4 Å². The Bertz CT molecular complexity index is 789. The highest BCUT2D eigenvalue weighted by Crippen LogP contribution is 2.24. The van der Waals surface area contributed by atoms with Crippen LogP contribution in [-0.2, 0) is 13.1 Å². The first-order chi connectivity index (χ1) is 11.5. The normalized spacial score (nSPS) is 10.5. The van der Waals surface area contributed by atoms with Gasteiger partial charge in [-0.2, -0.15) is 5.10 Å². The van der Waals surface area contributed by atoms with Crippen LogP contribution in [0, 0.1) is 0 Å². The third kappa shape index (κ3) is 4.14. The molecular weight excluding hydrogens is 330 g/mol. The molecule has 0 radical (unpaired) electrons. The van der Waals surface area contributed by atoms with E-state index in [9.17, 15) is 9.59 Å². The number of ether oxygens (including phenoxy) is 1. The SMILES string of the molecule is CCCn1nc(C(=O)N(C)Cc2cc(Cl)ccc2OC)ccc1=O. The molecule has 0 bridgehead atoms. The van der Waals surface area contributed by atoms with Crippen molar-refractivity contribution in [3.05, 3.63) is 57.0 Å². The van der Waals surface area contributed by atoms with Gasteiger partial charge in [-0.15, -0.1) is 0 Å². The Morgan fingerprint density at radius 1 is 1.33 bits per heavy atom. The predicted molar refractivity (Wildman–Crippen MR) is 92.6 cm³/mol. The van der Waals surface area contributed by atoms with Crippen LogP contribution in [0.4, 0.5) is 0 Å². The monoisotopic (exact) mass is 349 g/mol. The van der Waals surface area contributed by atoms with Gasteiger partial charge in [0.25, 0.3) is 11.5 Å². The molecule has 128 valence electrons. The second-order valence-corrected chi connectivity index (χ2v) is 5.83. The second kappa shape index (κ2) is 7.97. The van der Waals surface area contributed by atoms with Crippen LogP contribution in [0.3, 0.4) is 0 Å². The molecule has 0 aliphatic rings. The molecule has 2 rings (SSSR count). The third-order valence-corrected chi connectivity index (χ3v) is 3.75. The Labute approximate surface area is 145 Å². The molecule has 0 saturated heterocycles. The van der Waals surface area contributed by atoms with Crippen LogP contribution in [0.25, 0.3) is 0 Å². The molecule has 0 saturated carbocycles. The number of carbonyl (C=O) groups is 1. The fourth-order valence-electron chi connectivity index (χ4n) is 2.33. The van der Waals surface area contributed by atoms with E-state index in [2.05, 4.69) is 5.10 Å². The molecule has 2 aromatic rings. The zero-order valence-corrected chi connectivity index (χ0v) is 14.7. The van der Waals surface area contributed by atoms with E-state index in [0.717, 1.165) is 12.0 Å². The lowest BCUT2D eigenvalue weighted by Gasteiger charge is -2.19. The number of rotatable bonds is 6. The van der Waals surface area contributed by atoms with E-state index < -0.39 is 0 Å². The molecule has 0 N–H and O–H groups in total. The molecule has 24 heavy (non-hydrogen) atoms. The van der Waals surface area contributed by atoms with E-state index in [0.29, 0.717) is 23.9 Å². The first-order valence-corrected chi connectivity index (χ1v) is 8.00. The average molecular weight is 350 g/mol. The van der Waals surface area contributed by atoms with Gasteiger partial charge in [-0.3, -0.25) is 9.59 Å². The zero-order chi connectivity index (χ0) is 17.7. The molecule has 0 unspecified atom stereocenters. The molecule has 0 spiro atoms. The number of methoxy groups -OCH3 is 1. The Morgan fingerprint density at radius 3 is 2.75 bits per heavy atom. The summed E-state index contributed by atoms with van der Waals surface area (Å²) in [5, 5.41) is 4.71. The summed E-state index contributed by atoms with van der Waals surface area (Å²) < 4.78 is 6.60.